The van der Waals surface area contributed by atoms with E-state index in [1.807, 2.05) is 25.1 Å². The molecule has 0 bridgehead atoms. The van der Waals surface area contributed by atoms with Gasteiger partial charge in [0.25, 0.3) is 0 Å². The van der Waals surface area contributed by atoms with Crippen LogP contribution in [0.3, 0.4) is 0 Å². The van der Waals surface area contributed by atoms with Crippen molar-refractivity contribution in [3.05, 3.63) is 36.3 Å². The second-order valence-corrected chi connectivity index (χ2v) is 6.50. The van der Waals surface area contributed by atoms with E-state index in [2.05, 4.69) is 33.9 Å². The summed E-state index contributed by atoms with van der Waals surface area (Å²) in [5.41, 5.74) is 1.90. The van der Waals surface area contributed by atoms with Gasteiger partial charge in [-0.15, -0.1) is 0 Å². The molecule has 3 rings (SSSR count). The summed E-state index contributed by atoms with van der Waals surface area (Å²) < 4.78 is 5.50. The molecule has 2 aromatic rings. The molecule has 2 atom stereocenters. The molecule has 1 saturated heterocycles. The summed E-state index contributed by atoms with van der Waals surface area (Å²) in [4.78, 5) is 18.0. The Bertz CT molecular complexity index is 678. The lowest BCUT2D eigenvalue weighted by Crippen LogP contribution is -2.37. The molecule has 6 heteroatoms. The first-order valence-electron chi connectivity index (χ1n) is 8.27. The van der Waals surface area contributed by atoms with Gasteiger partial charge in [-0.2, -0.15) is 0 Å². The smallest absolute Gasteiger partial charge is 0.163 e. The molecule has 0 N–H and O–H groups in total. The first-order chi connectivity index (χ1) is 11.6. The van der Waals surface area contributed by atoms with Gasteiger partial charge in [0.15, 0.2) is 5.82 Å². The van der Waals surface area contributed by atoms with Gasteiger partial charge in [0.2, 0.25) is 0 Å². The lowest BCUT2D eigenvalue weighted by atomic mass is 10.2. The molecule has 1 fully saturated rings. The number of likely N-dealkylation sites (N-methyl/N-ethyl adjacent to an activating group) is 2. The van der Waals surface area contributed by atoms with Crippen LogP contribution in [0.2, 0.25) is 0 Å². The second-order valence-electron chi connectivity index (χ2n) is 6.50. The number of aryl methyl sites for hydroxylation is 1. The van der Waals surface area contributed by atoms with Crippen molar-refractivity contribution in [1.82, 2.24) is 19.9 Å². The van der Waals surface area contributed by atoms with Crippen molar-refractivity contribution in [2.75, 3.05) is 39.2 Å². The van der Waals surface area contributed by atoms with E-state index < -0.39 is 0 Å². The molecule has 0 unspecified atom stereocenters. The summed E-state index contributed by atoms with van der Waals surface area (Å²) in [5.74, 6) is 1.66. The summed E-state index contributed by atoms with van der Waals surface area (Å²) in [6, 6.07) is 6.39. The van der Waals surface area contributed by atoms with Gasteiger partial charge >= 0.3 is 0 Å². The average Bonchev–Trinajstić information content (AvgIpc) is 2.95. The van der Waals surface area contributed by atoms with Crippen LogP contribution in [0.15, 0.2) is 30.6 Å². The quantitative estimate of drug-likeness (QED) is 0.837. The third-order valence-electron chi connectivity index (χ3n) is 4.62. The van der Waals surface area contributed by atoms with E-state index in [1.165, 1.54) is 0 Å². The highest BCUT2D eigenvalue weighted by atomic mass is 16.5. The van der Waals surface area contributed by atoms with E-state index in [1.54, 1.807) is 19.5 Å². The number of aromatic nitrogens is 3. The molecule has 0 radical (unpaired) electrons. The second kappa shape index (κ2) is 7.23. The number of nitrogens with zero attached hydrogens (tertiary/aromatic N) is 5. The summed E-state index contributed by atoms with van der Waals surface area (Å²) in [6.45, 7) is 3.90. The van der Waals surface area contributed by atoms with Crippen LogP contribution in [0.5, 0.6) is 0 Å². The van der Waals surface area contributed by atoms with Crippen LogP contribution < -0.4 is 4.90 Å². The van der Waals surface area contributed by atoms with E-state index in [0.29, 0.717) is 12.1 Å². The summed E-state index contributed by atoms with van der Waals surface area (Å²) in [7, 11) is 6.03. The molecule has 1 aliphatic heterocycles. The van der Waals surface area contributed by atoms with E-state index >= 15 is 0 Å². The van der Waals surface area contributed by atoms with Gasteiger partial charge in [-0.3, -0.25) is 9.88 Å². The van der Waals surface area contributed by atoms with E-state index in [9.17, 15) is 0 Å². The minimum Gasteiger partial charge on any atom is -0.380 e. The highest BCUT2D eigenvalue weighted by Crippen LogP contribution is 2.22. The number of methoxy groups -OCH3 is 1. The Labute approximate surface area is 143 Å². The molecular weight excluding hydrogens is 302 g/mol. The topological polar surface area (TPSA) is 54.4 Å². The van der Waals surface area contributed by atoms with Crippen molar-refractivity contribution in [3.8, 4) is 11.4 Å². The van der Waals surface area contributed by atoms with Crippen LogP contribution in [0, 0.1) is 6.92 Å². The Morgan fingerprint density at radius 2 is 2.21 bits per heavy atom. The molecule has 24 heavy (non-hydrogen) atoms. The number of hydrogen-bond donors (Lipinski definition) is 0. The van der Waals surface area contributed by atoms with Gasteiger partial charge in [0.05, 0.1) is 6.10 Å². The lowest BCUT2D eigenvalue weighted by Gasteiger charge is -2.26. The molecule has 0 saturated carbocycles. The summed E-state index contributed by atoms with van der Waals surface area (Å²) >= 11 is 0. The zero-order chi connectivity index (χ0) is 17.1. The predicted octanol–water partition coefficient (Wildman–Crippen LogP) is 2.00. The van der Waals surface area contributed by atoms with Crippen molar-refractivity contribution in [2.45, 2.75) is 25.5 Å². The fourth-order valence-corrected chi connectivity index (χ4v) is 3.19. The Morgan fingerprint density at radius 1 is 1.38 bits per heavy atom. The maximum Gasteiger partial charge on any atom is 0.163 e. The lowest BCUT2D eigenvalue weighted by molar-refractivity contribution is 0.111. The third-order valence-corrected chi connectivity index (χ3v) is 4.62. The third kappa shape index (κ3) is 3.71. The van der Waals surface area contributed by atoms with Crippen molar-refractivity contribution in [1.29, 1.82) is 0 Å². The zero-order valence-electron chi connectivity index (χ0n) is 14.8. The molecule has 0 aliphatic carbocycles. The Balaban J connectivity index is 1.78. The maximum atomic E-state index is 5.50. The van der Waals surface area contributed by atoms with Gasteiger partial charge in [0, 0.05) is 63.0 Å². The van der Waals surface area contributed by atoms with E-state index in [0.717, 1.165) is 42.4 Å². The molecule has 0 spiro atoms. The Kier molecular flexibility index (Phi) is 5.06. The molecule has 3 heterocycles. The zero-order valence-corrected chi connectivity index (χ0v) is 14.8. The van der Waals surface area contributed by atoms with Gasteiger partial charge in [0.1, 0.15) is 5.82 Å². The van der Waals surface area contributed by atoms with Crippen LogP contribution in [0.4, 0.5) is 5.82 Å². The van der Waals surface area contributed by atoms with Crippen LogP contribution in [0.25, 0.3) is 11.4 Å². The number of rotatable bonds is 5. The fraction of sp³-hybridized carbons (Fsp3) is 0.500. The highest BCUT2D eigenvalue weighted by Gasteiger charge is 2.30. The summed E-state index contributed by atoms with van der Waals surface area (Å²) in [5, 5.41) is 0. The van der Waals surface area contributed by atoms with E-state index in [-0.39, 0.29) is 0 Å². The van der Waals surface area contributed by atoms with Crippen LogP contribution in [-0.2, 0) is 4.74 Å². The maximum absolute atomic E-state index is 5.50. The number of likely N-dealkylation sites (tertiary alicyclic amines) is 1. The Hall–Kier alpha value is -2.05. The van der Waals surface area contributed by atoms with E-state index in [4.69, 9.17) is 9.72 Å². The molecule has 0 aromatic carbocycles. The normalized spacial score (nSPS) is 21.2. The first kappa shape index (κ1) is 16.8. The summed E-state index contributed by atoms with van der Waals surface area (Å²) in [6.07, 6.45) is 4.93. The molecule has 128 valence electrons. The van der Waals surface area contributed by atoms with Gasteiger partial charge < -0.3 is 9.64 Å². The molecule has 2 aromatic heterocycles. The van der Waals surface area contributed by atoms with Crippen LogP contribution in [-0.4, -0.2) is 66.3 Å². The van der Waals surface area contributed by atoms with Gasteiger partial charge in [-0.25, -0.2) is 9.97 Å². The van der Waals surface area contributed by atoms with Crippen molar-refractivity contribution in [3.63, 3.8) is 0 Å². The van der Waals surface area contributed by atoms with Gasteiger partial charge in [-0.05, 0) is 32.5 Å². The minimum atomic E-state index is 0.325. The molecular formula is C18H25N5O. The monoisotopic (exact) mass is 327 g/mol. The number of pyridine rings is 1. The number of anilines is 1. The largest absolute Gasteiger partial charge is 0.380 e. The van der Waals surface area contributed by atoms with Crippen molar-refractivity contribution in [2.24, 2.45) is 0 Å². The van der Waals surface area contributed by atoms with Crippen LogP contribution >= 0.6 is 0 Å². The number of ether oxygens (including phenoxy) is 1. The molecule has 6 nitrogen and oxygen atoms in total. The van der Waals surface area contributed by atoms with Gasteiger partial charge in [-0.1, -0.05) is 0 Å². The molecule has 1 aliphatic rings. The van der Waals surface area contributed by atoms with Crippen molar-refractivity contribution < 1.29 is 4.74 Å². The first-order valence-corrected chi connectivity index (χ1v) is 8.27. The predicted molar refractivity (Wildman–Crippen MR) is 95.1 cm³/mol. The number of hydrogen-bond acceptors (Lipinski definition) is 6. The molecule has 0 amide bonds. The standard InChI is InChI=1S/C18H25N5O/c1-13-8-17(21-18(20-13)14-6-5-7-19-10-14)23(3)11-15-9-16(24-4)12-22(15)2/h5-8,10,15-16H,9,11-12H2,1-4H3/t15-,16-/m0/s1. The fourth-order valence-electron chi connectivity index (χ4n) is 3.19. The SMILES string of the molecule is CO[C@H]1C[C@@H](CN(C)c2cc(C)nc(-c3cccnc3)n2)N(C)C1. The highest BCUT2D eigenvalue weighted by molar-refractivity contribution is 5.56. The van der Waals surface area contributed by atoms with Crippen molar-refractivity contribution >= 4 is 5.82 Å². The minimum absolute atomic E-state index is 0.325. The van der Waals surface area contributed by atoms with Crippen LogP contribution in [0.1, 0.15) is 12.1 Å². The average molecular weight is 327 g/mol. The Morgan fingerprint density at radius 3 is 2.88 bits per heavy atom.